The summed E-state index contributed by atoms with van der Waals surface area (Å²) in [7, 11) is 0. The van der Waals surface area contributed by atoms with Crippen molar-refractivity contribution in [2.24, 2.45) is 11.7 Å². The Morgan fingerprint density at radius 3 is 2.53 bits per heavy atom. The highest BCUT2D eigenvalue weighted by Gasteiger charge is 2.28. The zero-order valence-corrected chi connectivity index (χ0v) is 11.0. The van der Waals surface area contributed by atoms with E-state index < -0.39 is 0 Å². The van der Waals surface area contributed by atoms with Crippen molar-refractivity contribution in [3.05, 3.63) is 48.0 Å². The fraction of sp³-hybridized carbons (Fsp3) is 0.353. The minimum absolute atomic E-state index is 0.00918. The molecule has 98 valence electrons. The Morgan fingerprint density at radius 1 is 1.00 bits per heavy atom. The van der Waals surface area contributed by atoms with Gasteiger partial charge in [-0.3, -0.25) is 4.79 Å². The predicted molar refractivity (Wildman–Crippen MR) is 78.2 cm³/mol. The maximum Gasteiger partial charge on any atom is 0.167 e. The van der Waals surface area contributed by atoms with Gasteiger partial charge in [-0.2, -0.15) is 0 Å². The summed E-state index contributed by atoms with van der Waals surface area (Å²) in [6, 6.07) is 14.1. The van der Waals surface area contributed by atoms with Crippen LogP contribution in [0.25, 0.3) is 10.8 Å². The Bertz CT molecular complexity index is 605. The molecule has 0 amide bonds. The summed E-state index contributed by atoms with van der Waals surface area (Å²) in [6.45, 7) is 0. The van der Waals surface area contributed by atoms with Gasteiger partial charge in [0, 0.05) is 17.5 Å². The molecule has 2 heteroatoms. The van der Waals surface area contributed by atoms with Crippen molar-refractivity contribution in [3.8, 4) is 0 Å². The molecule has 1 aliphatic carbocycles. The first kappa shape index (κ1) is 12.4. The van der Waals surface area contributed by atoms with Crippen LogP contribution in [0, 0.1) is 5.92 Å². The zero-order chi connectivity index (χ0) is 13.2. The third-order valence-electron chi connectivity index (χ3n) is 4.19. The van der Waals surface area contributed by atoms with Gasteiger partial charge in [0.25, 0.3) is 0 Å². The van der Waals surface area contributed by atoms with Crippen molar-refractivity contribution in [1.82, 2.24) is 0 Å². The minimum Gasteiger partial charge on any atom is -0.327 e. The van der Waals surface area contributed by atoms with Crippen LogP contribution in [0.15, 0.2) is 42.5 Å². The van der Waals surface area contributed by atoms with Crippen LogP contribution in [0.1, 0.15) is 36.0 Å². The summed E-state index contributed by atoms with van der Waals surface area (Å²) < 4.78 is 0. The van der Waals surface area contributed by atoms with Gasteiger partial charge in [0.1, 0.15) is 0 Å². The van der Waals surface area contributed by atoms with Gasteiger partial charge in [-0.15, -0.1) is 0 Å². The van der Waals surface area contributed by atoms with Gasteiger partial charge in [-0.25, -0.2) is 0 Å². The second-order valence-electron chi connectivity index (χ2n) is 5.48. The van der Waals surface area contributed by atoms with E-state index in [-0.39, 0.29) is 17.7 Å². The first-order valence-corrected chi connectivity index (χ1v) is 7.04. The molecule has 0 saturated heterocycles. The van der Waals surface area contributed by atoms with E-state index in [4.69, 9.17) is 5.73 Å². The molecule has 0 radical (unpaired) electrons. The Labute approximate surface area is 113 Å². The molecule has 2 unspecified atom stereocenters. The molecule has 0 spiro atoms. The van der Waals surface area contributed by atoms with E-state index in [1.165, 1.54) is 5.39 Å². The van der Waals surface area contributed by atoms with Gasteiger partial charge in [-0.05, 0) is 29.7 Å². The lowest BCUT2D eigenvalue weighted by molar-refractivity contribution is 0.0871. The number of hydrogen-bond donors (Lipinski definition) is 1. The van der Waals surface area contributed by atoms with Crippen LogP contribution in [0.2, 0.25) is 0 Å². The number of carbonyl (C=O) groups excluding carboxylic acids is 1. The molecular formula is C17H19NO. The monoisotopic (exact) mass is 253 g/mol. The number of benzene rings is 2. The maximum atomic E-state index is 12.6. The molecule has 0 aromatic heterocycles. The van der Waals surface area contributed by atoms with Crippen molar-refractivity contribution in [2.45, 2.75) is 31.7 Å². The molecule has 0 aliphatic heterocycles. The van der Waals surface area contributed by atoms with E-state index in [1.807, 2.05) is 36.4 Å². The molecule has 0 bridgehead atoms. The van der Waals surface area contributed by atoms with Gasteiger partial charge in [0.15, 0.2) is 5.78 Å². The highest BCUT2D eigenvalue weighted by molar-refractivity contribution is 6.01. The van der Waals surface area contributed by atoms with Gasteiger partial charge < -0.3 is 5.73 Å². The molecule has 2 N–H and O–H groups in total. The van der Waals surface area contributed by atoms with Crippen molar-refractivity contribution in [2.75, 3.05) is 0 Å². The lowest BCUT2D eigenvalue weighted by atomic mass is 9.80. The second kappa shape index (κ2) is 5.14. The van der Waals surface area contributed by atoms with Crippen LogP contribution < -0.4 is 5.73 Å². The topological polar surface area (TPSA) is 43.1 Å². The number of fused-ring (bicyclic) bond motifs is 1. The molecule has 1 fully saturated rings. The van der Waals surface area contributed by atoms with Gasteiger partial charge in [0.2, 0.25) is 0 Å². The molecule has 19 heavy (non-hydrogen) atoms. The normalized spacial score (nSPS) is 23.4. The van der Waals surface area contributed by atoms with E-state index in [2.05, 4.69) is 6.07 Å². The summed E-state index contributed by atoms with van der Waals surface area (Å²) in [6.07, 6.45) is 4.19. The number of rotatable bonds is 2. The third kappa shape index (κ3) is 2.41. The summed E-state index contributed by atoms with van der Waals surface area (Å²) >= 11 is 0. The predicted octanol–water partition coefficient (Wildman–Crippen LogP) is 3.54. The Morgan fingerprint density at radius 2 is 1.74 bits per heavy atom. The smallest absolute Gasteiger partial charge is 0.167 e. The number of carbonyl (C=O) groups is 1. The summed E-state index contributed by atoms with van der Waals surface area (Å²) in [5, 5.41) is 2.30. The first-order valence-electron chi connectivity index (χ1n) is 7.04. The van der Waals surface area contributed by atoms with Crippen molar-refractivity contribution >= 4 is 16.6 Å². The number of nitrogens with two attached hydrogens (primary N) is 1. The number of Topliss-reactive ketones (excluding diaryl/α,β-unsaturated/α-hetero) is 1. The van der Waals surface area contributed by atoms with Crippen LogP contribution in [0.4, 0.5) is 0 Å². The van der Waals surface area contributed by atoms with Crippen LogP contribution >= 0.6 is 0 Å². The fourth-order valence-electron chi connectivity index (χ4n) is 3.04. The molecule has 2 aromatic rings. The van der Waals surface area contributed by atoms with E-state index in [1.54, 1.807) is 0 Å². The fourth-order valence-corrected chi connectivity index (χ4v) is 3.04. The van der Waals surface area contributed by atoms with Gasteiger partial charge in [-0.1, -0.05) is 49.2 Å². The molecule has 2 aromatic carbocycles. The lowest BCUT2D eigenvalue weighted by Crippen LogP contribution is -2.38. The Hall–Kier alpha value is -1.67. The van der Waals surface area contributed by atoms with Crippen LogP contribution in [0.5, 0.6) is 0 Å². The van der Waals surface area contributed by atoms with Crippen molar-refractivity contribution in [3.63, 3.8) is 0 Å². The summed E-state index contributed by atoms with van der Waals surface area (Å²) in [5.74, 6) is 0.230. The molecule has 0 heterocycles. The average molecular weight is 253 g/mol. The first-order chi connectivity index (χ1) is 9.25. The van der Waals surface area contributed by atoms with Crippen LogP contribution in [0.3, 0.4) is 0 Å². The molecule has 2 atom stereocenters. The Kier molecular flexibility index (Phi) is 3.34. The maximum absolute atomic E-state index is 12.6. The third-order valence-corrected chi connectivity index (χ3v) is 4.19. The molecular weight excluding hydrogens is 234 g/mol. The van der Waals surface area contributed by atoms with E-state index in [9.17, 15) is 4.79 Å². The largest absolute Gasteiger partial charge is 0.327 e. The summed E-state index contributed by atoms with van der Waals surface area (Å²) in [4.78, 5) is 12.6. The van der Waals surface area contributed by atoms with E-state index >= 15 is 0 Å². The van der Waals surface area contributed by atoms with Crippen molar-refractivity contribution in [1.29, 1.82) is 0 Å². The van der Waals surface area contributed by atoms with Crippen molar-refractivity contribution < 1.29 is 4.79 Å². The van der Waals surface area contributed by atoms with Gasteiger partial charge >= 0.3 is 0 Å². The minimum atomic E-state index is 0.00918. The quantitative estimate of drug-likeness (QED) is 0.832. The molecule has 1 saturated carbocycles. The highest BCUT2D eigenvalue weighted by Crippen LogP contribution is 2.27. The Balaban J connectivity index is 1.92. The second-order valence-corrected chi connectivity index (χ2v) is 5.48. The van der Waals surface area contributed by atoms with Gasteiger partial charge in [0.05, 0.1) is 0 Å². The molecule has 1 aliphatic rings. The SMILES string of the molecule is NC1CCCCC1C(=O)c1ccc2ccccc2c1. The highest BCUT2D eigenvalue weighted by atomic mass is 16.1. The number of hydrogen-bond acceptors (Lipinski definition) is 2. The molecule has 3 rings (SSSR count). The van der Waals surface area contributed by atoms with Crippen LogP contribution in [-0.4, -0.2) is 11.8 Å². The van der Waals surface area contributed by atoms with E-state index in [0.717, 1.165) is 36.6 Å². The zero-order valence-electron chi connectivity index (χ0n) is 11.0. The summed E-state index contributed by atoms with van der Waals surface area (Å²) in [5.41, 5.74) is 6.92. The van der Waals surface area contributed by atoms with Crippen LogP contribution in [-0.2, 0) is 0 Å². The lowest BCUT2D eigenvalue weighted by Gasteiger charge is -2.27. The van der Waals surface area contributed by atoms with E-state index in [0.29, 0.717) is 0 Å². The standard InChI is InChI=1S/C17H19NO/c18-16-8-4-3-7-15(16)17(19)14-10-9-12-5-1-2-6-13(12)11-14/h1-2,5-6,9-11,15-16H,3-4,7-8,18H2. The number of ketones is 1. The average Bonchev–Trinajstić information content (AvgIpc) is 2.46. The molecule has 2 nitrogen and oxygen atoms in total.